The Bertz CT molecular complexity index is 740. The number of carbonyl (C=O) groups is 1. The summed E-state index contributed by atoms with van der Waals surface area (Å²) in [7, 11) is 1.97. The second-order valence-corrected chi connectivity index (χ2v) is 8.62. The van der Waals surface area contributed by atoms with Crippen LogP contribution in [0.1, 0.15) is 58.8 Å². The zero-order valence-corrected chi connectivity index (χ0v) is 16.7. The summed E-state index contributed by atoms with van der Waals surface area (Å²) in [5, 5.41) is 4.47. The van der Waals surface area contributed by atoms with Crippen LogP contribution in [0, 0.1) is 20.8 Å². The van der Waals surface area contributed by atoms with E-state index in [0.29, 0.717) is 18.4 Å². The predicted octanol–water partition coefficient (Wildman–Crippen LogP) is 4.31. The number of aryl methyl sites for hydroxylation is 3. The van der Waals surface area contributed by atoms with Gasteiger partial charge in [-0.25, -0.2) is 0 Å². The average molecular weight is 360 g/mol. The van der Waals surface area contributed by atoms with Crippen LogP contribution in [0.2, 0.25) is 0 Å². The fourth-order valence-electron chi connectivity index (χ4n) is 3.93. The van der Waals surface area contributed by atoms with E-state index in [2.05, 4.69) is 36.0 Å². The Hall–Kier alpha value is -1.62. The number of nitrogens with zero attached hydrogens (tertiary/aromatic N) is 3. The van der Waals surface area contributed by atoms with Gasteiger partial charge in [-0.3, -0.25) is 9.48 Å². The van der Waals surface area contributed by atoms with Crippen LogP contribution in [0.4, 0.5) is 0 Å². The first-order valence-electron chi connectivity index (χ1n) is 9.29. The highest BCUT2D eigenvalue weighted by Gasteiger charge is 2.27. The van der Waals surface area contributed by atoms with Gasteiger partial charge >= 0.3 is 0 Å². The van der Waals surface area contributed by atoms with Gasteiger partial charge in [0.2, 0.25) is 5.91 Å². The largest absolute Gasteiger partial charge is 0.335 e. The maximum Gasteiger partial charge on any atom is 0.223 e. The summed E-state index contributed by atoms with van der Waals surface area (Å²) in [6, 6.07) is 4.75. The molecular formula is C20H29N3OS. The molecule has 0 saturated heterocycles. The van der Waals surface area contributed by atoms with Crippen LogP contribution >= 0.6 is 11.3 Å². The molecule has 1 aliphatic carbocycles. The summed E-state index contributed by atoms with van der Waals surface area (Å²) < 4.78 is 1.91. The normalized spacial score (nSPS) is 15.0. The Morgan fingerprint density at radius 3 is 2.56 bits per heavy atom. The van der Waals surface area contributed by atoms with E-state index >= 15 is 0 Å². The fourth-order valence-corrected chi connectivity index (χ4v) is 4.82. The summed E-state index contributed by atoms with van der Waals surface area (Å²) in [6.07, 6.45) is 6.17. The van der Waals surface area contributed by atoms with Gasteiger partial charge in [0.15, 0.2) is 0 Å². The first-order chi connectivity index (χ1) is 12.0. The highest BCUT2D eigenvalue weighted by molar-refractivity contribution is 7.11. The van der Waals surface area contributed by atoms with Gasteiger partial charge in [-0.2, -0.15) is 5.10 Å². The topological polar surface area (TPSA) is 38.1 Å². The van der Waals surface area contributed by atoms with Crippen molar-refractivity contribution in [1.29, 1.82) is 0 Å². The summed E-state index contributed by atoms with van der Waals surface area (Å²) >= 11 is 1.81. The summed E-state index contributed by atoms with van der Waals surface area (Å²) in [5.74, 6) is 0.292. The molecule has 25 heavy (non-hydrogen) atoms. The van der Waals surface area contributed by atoms with E-state index in [-0.39, 0.29) is 0 Å². The number of carbonyl (C=O) groups excluding carboxylic acids is 1. The van der Waals surface area contributed by atoms with Crippen molar-refractivity contribution in [1.82, 2.24) is 14.7 Å². The molecule has 0 radical (unpaired) electrons. The smallest absolute Gasteiger partial charge is 0.223 e. The molecule has 5 heteroatoms. The van der Waals surface area contributed by atoms with Gasteiger partial charge in [-0.05, 0) is 57.7 Å². The van der Waals surface area contributed by atoms with Crippen molar-refractivity contribution >= 4 is 17.2 Å². The Morgan fingerprint density at radius 1 is 1.28 bits per heavy atom. The number of rotatable bonds is 6. The second-order valence-electron chi connectivity index (χ2n) is 7.25. The van der Waals surface area contributed by atoms with E-state index in [1.54, 1.807) is 0 Å². The summed E-state index contributed by atoms with van der Waals surface area (Å²) in [6.45, 7) is 7.02. The van der Waals surface area contributed by atoms with Crippen molar-refractivity contribution in [3.63, 3.8) is 0 Å². The standard InChI is InChI=1S/C20H29N3OS/c1-14-9-10-18(25-14)13-23(17-7-5-6-8-17)20(24)12-11-19-15(2)21-22(4)16(19)3/h9-10,17H,5-8,11-13H2,1-4H3. The van der Waals surface area contributed by atoms with Crippen molar-refractivity contribution in [3.05, 3.63) is 38.8 Å². The third kappa shape index (κ3) is 4.14. The minimum Gasteiger partial charge on any atom is -0.335 e. The van der Waals surface area contributed by atoms with Crippen LogP contribution in [-0.4, -0.2) is 26.6 Å². The van der Waals surface area contributed by atoms with E-state index in [4.69, 9.17) is 0 Å². The first-order valence-corrected chi connectivity index (χ1v) is 10.1. The lowest BCUT2D eigenvalue weighted by Crippen LogP contribution is -2.38. The molecule has 0 N–H and O–H groups in total. The van der Waals surface area contributed by atoms with Crippen molar-refractivity contribution in [3.8, 4) is 0 Å². The molecule has 0 spiro atoms. The van der Waals surface area contributed by atoms with Crippen LogP contribution in [0.5, 0.6) is 0 Å². The molecule has 0 aromatic carbocycles. The number of hydrogen-bond acceptors (Lipinski definition) is 3. The Labute approximate surface area is 154 Å². The molecule has 3 rings (SSSR count). The van der Waals surface area contributed by atoms with Crippen molar-refractivity contribution < 1.29 is 4.79 Å². The average Bonchev–Trinajstić information content (AvgIpc) is 3.27. The number of hydrogen-bond donors (Lipinski definition) is 0. The van der Waals surface area contributed by atoms with Gasteiger partial charge in [0.1, 0.15) is 0 Å². The molecule has 0 bridgehead atoms. The van der Waals surface area contributed by atoms with Crippen LogP contribution in [0.25, 0.3) is 0 Å². The molecule has 1 aliphatic rings. The lowest BCUT2D eigenvalue weighted by Gasteiger charge is -2.29. The third-order valence-electron chi connectivity index (χ3n) is 5.46. The van der Waals surface area contributed by atoms with Crippen LogP contribution in [0.3, 0.4) is 0 Å². The predicted molar refractivity (Wildman–Crippen MR) is 103 cm³/mol. The number of aromatic nitrogens is 2. The van der Waals surface area contributed by atoms with Gasteiger partial charge in [0, 0.05) is 35.0 Å². The van der Waals surface area contributed by atoms with E-state index in [9.17, 15) is 4.79 Å². The Kier molecular flexibility index (Phi) is 5.62. The molecule has 1 saturated carbocycles. The van der Waals surface area contributed by atoms with Crippen LogP contribution < -0.4 is 0 Å². The molecule has 2 aromatic rings. The molecule has 1 amide bonds. The van der Waals surface area contributed by atoms with E-state index in [1.165, 1.54) is 33.9 Å². The van der Waals surface area contributed by atoms with E-state index < -0.39 is 0 Å². The first kappa shape index (κ1) is 18.2. The summed E-state index contributed by atoms with van der Waals surface area (Å²) in [5.41, 5.74) is 3.45. The zero-order chi connectivity index (χ0) is 18.0. The maximum atomic E-state index is 13.0. The van der Waals surface area contributed by atoms with Crippen molar-refractivity contribution in [2.75, 3.05) is 0 Å². The molecule has 136 valence electrons. The van der Waals surface area contributed by atoms with Gasteiger partial charge in [-0.15, -0.1) is 11.3 Å². The van der Waals surface area contributed by atoms with Gasteiger partial charge in [0.05, 0.1) is 12.2 Å². The zero-order valence-electron chi connectivity index (χ0n) is 15.8. The highest BCUT2D eigenvalue weighted by Crippen LogP contribution is 2.28. The summed E-state index contributed by atoms with van der Waals surface area (Å²) in [4.78, 5) is 17.8. The molecule has 4 nitrogen and oxygen atoms in total. The third-order valence-corrected chi connectivity index (χ3v) is 6.44. The van der Waals surface area contributed by atoms with Gasteiger partial charge in [0.25, 0.3) is 0 Å². The SMILES string of the molecule is Cc1ccc(CN(C(=O)CCc2c(C)nn(C)c2C)C2CCCC2)s1. The van der Waals surface area contributed by atoms with Crippen LogP contribution in [0.15, 0.2) is 12.1 Å². The molecule has 0 atom stereocenters. The van der Waals surface area contributed by atoms with E-state index in [1.807, 2.05) is 30.0 Å². The lowest BCUT2D eigenvalue weighted by molar-refractivity contribution is -0.134. The van der Waals surface area contributed by atoms with E-state index in [0.717, 1.165) is 31.5 Å². The highest BCUT2D eigenvalue weighted by atomic mass is 32.1. The molecule has 0 unspecified atom stereocenters. The van der Waals surface area contributed by atoms with Crippen molar-refractivity contribution in [2.45, 2.75) is 71.9 Å². The monoisotopic (exact) mass is 359 g/mol. The molecule has 2 heterocycles. The molecule has 2 aromatic heterocycles. The number of amides is 1. The fraction of sp³-hybridized carbons (Fsp3) is 0.600. The lowest BCUT2D eigenvalue weighted by atomic mass is 10.1. The minimum absolute atomic E-state index is 0.292. The van der Waals surface area contributed by atoms with Gasteiger partial charge in [-0.1, -0.05) is 12.8 Å². The Morgan fingerprint density at radius 2 is 2.00 bits per heavy atom. The van der Waals surface area contributed by atoms with Crippen LogP contribution in [-0.2, 0) is 24.8 Å². The Balaban J connectivity index is 1.70. The van der Waals surface area contributed by atoms with Crippen molar-refractivity contribution in [2.24, 2.45) is 7.05 Å². The number of thiophene rings is 1. The maximum absolute atomic E-state index is 13.0. The second kappa shape index (κ2) is 7.73. The quantitative estimate of drug-likeness (QED) is 0.771. The van der Waals surface area contributed by atoms with Gasteiger partial charge < -0.3 is 4.90 Å². The molecule has 0 aliphatic heterocycles. The molecular weight excluding hydrogens is 330 g/mol. The minimum atomic E-state index is 0.292. The molecule has 1 fully saturated rings.